The Kier molecular flexibility index (Phi) is 1.54. The predicted octanol–water partition coefficient (Wildman–Crippen LogP) is -1.59. The molecule has 66 valence electrons. The van der Waals surface area contributed by atoms with Gasteiger partial charge in [-0.3, -0.25) is 4.79 Å². The summed E-state index contributed by atoms with van der Waals surface area (Å²) in [6.07, 6.45) is 0. The number of rotatable bonds is 1. The monoisotopic (exact) mass is 170 g/mol. The summed E-state index contributed by atoms with van der Waals surface area (Å²) in [6.45, 7) is 1.24. The topological polar surface area (TPSA) is 78.4 Å². The number of carbonyl (C=O) groups excluding carboxylic acids is 1. The van der Waals surface area contributed by atoms with Gasteiger partial charge >= 0.3 is 5.97 Å². The van der Waals surface area contributed by atoms with Gasteiger partial charge in [0.25, 0.3) is 0 Å². The van der Waals surface area contributed by atoms with E-state index in [-0.39, 0.29) is 17.7 Å². The fraction of sp³-hybridized carbons (Fsp3) is 0.714. The van der Waals surface area contributed by atoms with Crippen LogP contribution in [0.5, 0.6) is 0 Å². The minimum atomic E-state index is -0.931. The summed E-state index contributed by atoms with van der Waals surface area (Å²) in [7, 11) is 0. The van der Waals surface area contributed by atoms with Gasteiger partial charge in [0.15, 0.2) is 0 Å². The van der Waals surface area contributed by atoms with Crippen LogP contribution in [0.3, 0.4) is 0 Å². The molecule has 2 aliphatic rings. The number of carboxylic acids is 1. The van der Waals surface area contributed by atoms with E-state index in [1.165, 1.54) is 0 Å². The van der Waals surface area contributed by atoms with Crippen molar-refractivity contribution < 1.29 is 14.7 Å². The van der Waals surface area contributed by atoms with Crippen LogP contribution < -0.4 is 10.6 Å². The highest BCUT2D eigenvalue weighted by Crippen LogP contribution is 2.26. The minimum Gasteiger partial charge on any atom is -0.480 e. The Bertz CT molecular complexity index is 241. The average molecular weight is 170 g/mol. The zero-order chi connectivity index (χ0) is 8.72. The largest absolute Gasteiger partial charge is 0.480 e. The maximum atomic E-state index is 11.2. The Morgan fingerprint density at radius 1 is 1.50 bits per heavy atom. The maximum absolute atomic E-state index is 11.2. The van der Waals surface area contributed by atoms with Gasteiger partial charge in [0.2, 0.25) is 5.91 Å². The first-order chi connectivity index (χ1) is 5.70. The number of fused-ring (bicyclic) bond motifs is 1. The van der Waals surface area contributed by atoms with Gasteiger partial charge in [-0.05, 0) is 0 Å². The molecule has 3 N–H and O–H groups in total. The molecule has 3 atom stereocenters. The molecule has 2 saturated heterocycles. The van der Waals surface area contributed by atoms with Crippen LogP contribution in [0.4, 0.5) is 0 Å². The molecule has 0 aromatic carbocycles. The second-order valence-electron chi connectivity index (χ2n) is 3.25. The molecule has 2 rings (SSSR count). The summed E-state index contributed by atoms with van der Waals surface area (Å²) in [6, 6.07) is -0.683. The van der Waals surface area contributed by atoms with E-state index in [0.717, 1.165) is 0 Å². The lowest BCUT2D eigenvalue weighted by Gasteiger charge is -2.10. The summed E-state index contributed by atoms with van der Waals surface area (Å²) in [5.41, 5.74) is 0. The molecular weight excluding hydrogens is 160 g/mol. The third-order valence-corrected chi connectivity index (χ3v) is 2.59. The maximum Gasteiger partial charge on any atom is 0.326 e. The smallest absolute Gasteiger partial charge is 0.326 e. The van der Waals surface area contributed by atoms with Crippen LogP contribution in [0.1, 0.15) is 0 Å². The van der Waals surface area contributed by atoms with Crippen LogP contribution in [-0.2, 0) is 9.59 Å². The van der Waals surface area contributed by atoms with Crippen molar-refractivity contribution in [3.05, 3.63) is 0 Å². The fourth-order valence-electron chi connectivity index (χ4n) is 1.95. The van der Waals surface area contributed by atoms with Crippen molar-refractivity contribution in [3.8, 4) is 0 Å². The normalized spacial score (nSPS) is 39.3. The molecule has 0 radical (unpaired) electrons. The first kappa shape index (κ1) is 7.54. The number of carboxylic acid groups (broad SMARTS) is 1. The first-order valence-electron chi connectivity index (χ1n) is 3.94. The minimum absolute atomic E-state index is 0.0602. The Balaban J connectivity index is 2.20. The second kappa shape index (κ2) is 2.45. The van der Waals surface area contributed by atoms with Crippen LogP contribution in [0.25, 0.3) is 0 Å². The molecule has 5 nitrogen and oxygen atoms in total. The van der Waals surface area contributed by atoms with E-state index in [2.05, 4.69) is 10.6 Å². The van der Waals surface area contributed by atoms with E-state index in [1.807, 2.05) is 0 Å². The van der Waals surface area contributed by atoms with Gasteiger partial charge in [0.05, 0.1) is 5.92 Å². The predicted molar refractivity (Wildman–Crippen MR) is 39.4 cm³/mol. The number of carbonyl (C=O) groups is 2. The SMILES string of the molecule is O=C1NC(C(=O)O)C2CNCC12. The van der Waals surface area contributed by atoms with Gasteiger partial charge in [-0.15, -0.1) is 0 Å². The number of aliphatic carboxylic acids is 1. The Morgan fingerprint density at radius 3 is 2.92 bits per heavy atom. The lowest BCUT2D eigenvalue weighted by molar-refractivity contribution is -0.140. The second-order valence-corrected chi connectivity index (χ2v) is 3.25. The average Bonchev–Trinajstić information content (AvgIpc) is 2.53. The molecular formula is C7H10N2O3. The van der Waals surface area contributed by atoms with Gasteiger partial charge in [-0.2, -0.15) is 0 Å². The van der Waals surface area contributed by atoms with Crippen molar-refractivity contribution in [1.29, 1.82) is 0 Å². The van der Waals surface area contributed by atoms with Gasteiger partial charge in [0, 0.05) is 19.0 Å². The molecule has 2 aliphatic heterocycles. The zero-order valence-corrected chi connectivity index (χ0v) is 6.41. The Morgan fingerprint density at radius 2 is 2.25 bits per heavy atom. The number of hydrogen-bond donors (Lipinski definition) is 3. The molecule has 0 saturated carbocycles. The van der Waals surface area contributed by atoms with E-state index in [9.17, 15) is 9.59 Å². The van der Waals surface area contributed by atoms with Crippen molar-refractivity contribution in [1.82, 2.24) is 10.6 Å². The summed E-state index contributed by atoms with van der Waals surface area (Å²) in [5, 5.41) is 14.2. The van der Waals surface area contributed by atoms with Gasteiger partial charge in [0.1, 0.15) is 6.04 Å². The molecule has 2 fully saturated rings. The number of nitrogens with one attached hydrogen (secondary N) is 2. The molecule has 2 heterocycles. The summed E-state index contributed by atoms with van der Waals surface area (Å²) < 4.78 is 0. The van der Waals surface area contributed by atoms with E-state index in [1.54, 1.807) is 0 Å². The molecule has 0 aliphatic carbocycles. The molecule has 0 aromatic rings. The molecule has 0 aromatic heterocycles. The van der Waals surface area contributed by atoms with E-state index in [4.69, 9.17) is 5.11 Å². The lowest BCUT2D eigenvalue weighted by Crippen LogP contribution is -2.39. The van der Waals surface area contributed by atoms with E-state index >= 15 is 0 Å². The highest BCUT2D eigenvalue weighted by atomic mass is 16.4. The number of hydrogen-bond acceptors (Lipinski definition) is 3. The first-order valence-corrected chi connectivity index (χ1v) is 3.94. The van der Waals surface area contributed by atoms with Crippen LogP contribution in [-0.4, -0.2) is 36.1 Å². The lowest BCUT2D eigenvalue weighted by atomic mass is 9.94. The molecule has 1 amide bonds. The molecule has 0 spiro atoms. The third-order valence-electron chi connectivity index (χ3n) is 2.59. The van der Waals surface area contributed by atoms with Crippen molar-refractivity contribution in [2.75, 3.05) is 13.1 Å². The van der Waals surface area contributed by atoms with Crippen molar-refractivity contribution >= 4 is 11.9 Å². The van der Waals surface area contributed by atoms with Crippen LogP contribution in [0, 0.1) is 11.8 Å². The van der Waals surface area contributed by atoms with Gasteiger partial charge in [-0.25, -0.2) is 4.79 Å². The van der Waals surface area contributed by atoms with Gasteiger partial charge < -0.3 is 15.7 Å². The Labute approximate surface area is 69.1 Å². The van der Waals surface area contributed by atoms with Crippen LogP contribution in [0.15, 0.2) is 0 Å². The van der Waals surface area contributed by atoms with Gasteiger partial charge in [-0.1, -0.05) is 0 Å². The van der Waals surface area contributed by atoms with E-state index < -0.39 is 12.0 Å². The Hall–Kier alpha value is -1.10. The molecule has 5 heteroatoms. The van der Waals surface area contributed by atoms with Crippen LogP contribution in [0.2, 0.25) is 0 Å². The quantitative estimate of drug-likeness (QED) is 0.443. The third kappa shape index (κ3) is 0.896. The summed E-state index contributed by atoms with van der Waals surface area (Å²) in [4.78, 5) is 21.8. The summed E-state index contributed by atoms with van der Waals surface area (Å²) in [5.74, 6) is -1.25. The fourth-order valence-corrected chi connectivity index (χ4v) is 1.95. The zero-order valence-electron chi connectivity index (χ0n) is 6.41. The summed E-state index contributed by atoms with van der Waals surface area (Å²) >= 11 is 0. The van der Waals surface area contributed by atoms with E-state index in [0.29, 0.717) is 13.1 Å². The highest BCUT2D eigenvalue weighted by molar-refractivity contribution is 5.90. The molecule has 3 unspecified atom stereocenters. The standard InChI is InChI=1S/C7H10N2O3/c10-6-4-2-8-1-3(4)5(9-6)7(11)12/h3-5,8H,1-2H2,(H,9,10)(H,11,12). The molecule has 12 heavy (non-hydrogen) atoms. The van der Waals surface area contributed by atoms with Crippen LogP contribution >= 0.6 is 0 Å². The van der Waals surface area contributed by atoms with Crippen molar-refractivity contribution in [3.63, 3.8) is 0 Å². The van der Waals surface area contributed by atoms with Crippen molar-refractivity contribution in [2.24, 2.45) is 11.8 Å². The number of amides is 1. The molecule has 0 bridgehead atoms. The van der Waals surface area contributed by atoms with Crippen molar-refractivity contribution in [2.45, 2.75) is 6.04 Å². The highest BCUT2D eigenvalue weighted by Gasteiger charge is 2.48.